The fraction of sp³-hybridized carbons (Fsp3) is 0.176. The molecule has 0 spiro atoms. The molecule has 1 aliphatic rings. The van der Waals surface area contributed by atoms with Gasteiger partial charge in [-0.25, -0.2) is 17.8 Å². The first-order chi connectivity index (χ1) is 12.4. The Balaban J connectivity index is 1.77. The highest BCUT2D eigenvalue weighted by Crippen LogP contribution is 2.25. The first kappa shape index (κ1) is 17.1. The summed E-state index contributed by atoms with van der Waals surface area (Å²) in [4.78, 5) is 17.1. The van der Waals surface area contributed by atoms with Crippen LogP contribution in [0.2, 0.25) is 5.02 Å². The average molecular weight is 394 g/mol. The Hall–Kier alpha value is -2.29. The van der Waals surface area contributed by atoms with E-state index in [4.69, 9.17) is 11.6 Å². The maximum Gasteiger partial charge on any atom is 0.262 e. The molecule has 0 saturated heterocycles. The number of sulfonamides is 1. The quantitative estimate of drug-likeness (QED) is 0.669. The van der Waals surface area contributed by atoms with Crippen molar-refractivity contribution in [2.75, 3.05) is 6.54 Å². The van der Waals surface area contributed by atoms with Gasteiger partial charge in [0.1, 0.15) is 11.5 Å². The fourth-order valence-corrected chi connectivity index (χ4v) is 4.70. The Labute approximate surface area is 153 Å². The van der Waals surface area contributed by atoms with Crippen LogP contribution in [-0.4, -0.2) is 28.7 Å². The largest absolute Gasteiger partial charge is 0.269 e. The molecule has 0 atom stereocenters. The highest BCUT2D eigenvalue weighted by atomic mass is 35.5. The van der Waals surface area contributed by atoms with E-state index in [2.05, 4.69) is 4.98 Å². The van der Waals surface area contributed by atoms with Gasteiger partial charge in [0.25, 0.3) is 5.56 Å². The summed E-state index contributed by atoms with van der Waals surface area (Å²) in [5.41, 5.74) is 1.18. The van der Waals surface area contributed by atoms with Crippen LogP contribution in [0, 0.1) is 5.82 Å². The molecule has 0 unspecified atom stereocenters. The van der Waals surface area contributed by atoms with Gasteiger partial charge in [-0.05, 0) is 30.3 Å². The van der Waals surface area contributed by atoms with Crippen LogP contribution in [0.1, 0.15) is 11.3 Å². The standard InChI is InChI=1S/C17H13ClFN3O3S/c18-13-9-11(4-5-14(13)19)26(24,25)21-8-6-15-12(10-21)17(23)22-7-2-1-3-16(22)20-15/h1-5,7,9H,6,8,10H2. The minimum atomic E-state index is -3.91. The zero-order valence-electron chi connectivity index (χ0n) is 13.4. The van der Waals surface area contributed by atoms with Crippen molar-refractivity contribution in [3.63, 3.8) is 0 Å². The number of benzene rings is 1. The first-order valence-corrected chi connectivity index (χ1v) is 9.64. The van der Waals surface area contributed by atoms with Crippen molar-refractivity contribution in [3.05, 3.63) is 75.0 Å². The number of fused-ring (bicyclic) bond motifs is 2. The maximum absolute atomic E-state index is 13.3. The molecule has 1 aromatic carbocycles. The molecule has 0 bridgehead atoms. The lowest BCUT2D eigenvalue weighted by atomic mass is 10.1. The smallest absolute Gasteiger partial charge is 0.262 e. The summed E-state index contributed by atoms with van der Waals surface area (Å²) in [6, 6.07) is 8.47. The third-order valence-corrected chi connectivity index (χ3v) is 6.51. The molecule has 26 heavy (non-hydrogen) atoms. The van der Waals surface area contributed by atoms with Gasteiger partial charge in [0, 0.05) is 25.7 Å². The highest BCUT2D eigenvalue weighted by molar-refractivity contribution is 7.89. The molecular weight excluding hydrogens is 381 g/mol. The summed E-state index contributed by atoms with van der Waals surface area (Å²) in [7, 11) is -3.91. The zero-order valence-corrected chi connectivity index (χ0v) is 15.0. The second-order valence-corrected chi connectivity index (χ2v) is 8.28. The van der Waals surface area contributed by atoms with Crippen molar-refractivity contribution in [2.24, 2.45) is 0 Å². The Morgan fingerprint density at radius 1 is 1.19 bits per heavy atom. The molecule has 0 saturated carbocycles. The van der Waals surface area contributed by atoms with Gasteiger partial charge in [0.2, 0.25) is 10.0 Å². The van der Waals surface area contributed by atoms with Gasteiger partial charge in [-0.2, -0.15) is 4.31 Å². The summed E-state index contributed by atoms with van der Waals surface area (Å²) in [6.45, 7) is 0.0934. The Morgan fingerprint density at radius 2 is 2.00 bits per heavy atom. The minimum Gasteiger partial charge on any atom is -0.269 e. The summed E-state index contributed by atoms with van der Waals surface area (Å²) >= 11 is 5.71. The van der Waals surface area contributed by atoms with E-state index in [1.54, 1.807) is 24.4 Å². The van der Waals surface area contributed by atoms with Gasteiger partial charge in [0.15, 0.2) is 0 Å². The van der Waals surface area contributed by atoms with Crippen molar-refractivity contribution in [1.82, 2.24) is 13.7 Å². The van der Waals surface area contributed by atoms with E-state index >= 15 is 0 Å². The summed E-state index contributed by atoms with van der Waals surface area (Å²) < 4.78 is 41.6. The normalized spacial score (nSPS) is 15.2. The van der Waals surface area contributed by atoms with E-state index in [1.165, 1.54) is 8.71 Å². The van der Waals surface area contributed by atoms with Crippen molar-refractivity contribution >= 4 is 27.3 Å². The SMILES string of the molecule is O=c1c2c(nc3ccccn13)CCN(S(=O)(=O)c1ccc(F)c(Cl)c1)C2. The lowest BCUT2D eigenvalue weighted by Gasteiger charge is -2.27. The van der Waals surface area contributed by atoms with Gasteiger partial charge in [-0.3, -0.25) is 9.20 Å². The summed E-state index contributed by atoms with van der Waals surface area (Å²) in [6.07, 6.45) is 1.92. The van der Waals surface area contributed by atoms with Crippen molar-refractivity contribution in [3.8, 4) is 0 Å². The first-order valence-electron chi connectivity index (χ1n) is 7.82. The number of aromatic nitrogens is 2. The predicted molar refractivity (Wildman–Crippen MR) is 94.2 cm³/mol. The number of nitrogens with zero attached hydrogens (tertiary/aromatic N) is 3. The molecule has 6 nitrogen and oxygen atoms in total. The Kier molecular flexibility index (Phi) is 4.06. The summed E-state index contributed by atoms with van der Waals surface area (Å²) in [5, 5.41) is -0.267. The fourth-order valence-electron chi connectivity index (χ4n) is 3.01. The van der Waals surface area contributed by atoms with Gasteiger partial charge in [0.05, 0.1) is 21.2 Å². The number of halogens is 2. The van der Waals surface area contributed by atoms with E-state index in [1.807, 2.05) is 0 Å². The van der Waals surface area contributed by atoms with Crippen LogP contribution in [0.5, 0.6) is 0 Å². The topological polar surface area (TPSA) is 71.8 Å². The molecule has 9 heteroatoms. The van der Waals surface area contributed by atoms with E-state index in [0.29, 0.717) is 23.3 Å². The summed E-state index contributed by atoms with van der Waals surface area (Å²) in [5.74, 6) is -0.691. The molecule has 3 aromatic rings. The molecule has 3 heterocycles. The molecule has 0 aliphatic carbocycles. The lowest BCUT2D eigenvalue weighted by Crippen LogP contribution is -2.40. The predicted octanol–water partition coefficient (Wildman–Crippen LogP) is 2.23. The average Bonchev–Trinajstić information content (AvgIpc) is 2.64. The van der Waals surface area contributed by atoms with Crippen LogP contribution in [0.4, 0.5) is 4.39 Å². The zero-order chi connectivity index (χ0) is 18.5. The van der Waals surface area contributed by atoms with Crippen LogP contribution in [0.3, 0.4) is 0 Å². The van der Waals surface area contributed by atoms with Gasteiger partial charge < -0.3 is 0 Å². The van der Waals surface area contributed by atoms with Crippen molar-refractivity contribution in [2.45, 2.75) is 17.9 Å². The third-order valence-electron chi connectivity index (χ3n) is 4.37. The van der Waals surface area contributed by atoms with Crippen LogP contribution in [-0.2, 0) is 23.0 Å². The van der Waals surface area contributed by atoms with Gasteiger partial charge >= 0.3 is 0 Å². The van der Waals surface area contributed by atoms with E-state index in [-0.39, 0.29) is 28.6 Å². The number of rotatable bonds is 2. The third kappa shape index (κ3) is 2.70. The second kappa shape index (κ2) is 6.15. The van der Waals surface area contributed by atoms with E-state index in [9.17, 15) is 17.6 Å². The molecular formula is C17H13ClFN3O3S. The molecule has 0 amide bonds. The molecule has 134 valence electrons. The molecule has 0 N–H and O–H groups in total. The number of pyridine rings is 1. The maximum atomic E-state index is 13.3. The molecule has 0 radical (unpaired) electrons. The molecule has 2 aromatic heterocycles. The Bertz CT molecular complexity index is 1190. The van der Waals surface area contributed by atoms with Gasteiger partial charge in [-0.1, -0.05) is 17.7 Å². The molecule has 1 aliphatic heterocycles. The van der Waals surface area contributed by atoms with Crippen LogP contribution >= 0.6 is 11.6 Å². The van der Waals surface area contributed by atoms with E-state index in [0.717, 1.165) is 18.2 Å². The minimum absolute atomic E-state index is 0.0870. The number of hydrogen-bond acceptors (Lipinski definition) is 4. The molecule has 4 rings (SSSR count). The van der Waals surface area contributed by atoms with Crippen LogP contribution < -0.4 is 5.56 Å². The second-order valence-electron chi connectivity index (χ2n) is 5.94. The molecule has 0 fully saturated rings. The Morgan fingerprint density at radius 3 is 2.77 bits per heavy atom. The monoisotopic (exact) mass is 393 g/mol. The lowest BCUT2D eigenvalue weighted by molar-refractivity contribution is 0.385. The van der Waals surface area contributed by atoms with Gasteiger partial charge in [-0.15, -0.1) is 0 Å². The highest BCUT2D eigenvalue weighted by Gasteiger charge is 2.31. The van der Waals surface area contributed by atoms with E-state index < -0.39 is 15.8 Å². The van der Waals surface area contributed by atoms with Crippen molar-refractivity contribution in [1.29, 1.82) is 0 Å². The van der Waals surface area contributed by atoms with Crippen LogP contribution in [0.15, 0.2) is 52.3 Å². The van der Waals surface area contributed by atoms with Crippen LogP contribution in [0.25, 0.3) is 5.65 Å². The van der Waals surface area contributed by atoms with Crippen molar-refractivity contribution < 1.29 is 12.8 Å². The number of hydrogen-bond donors (Lipinski definition) is 0.